The maximum atomic E-state index is 12.5. The third-order valence-corrected chi connectivity index (χ3v) is 4.66. The van der Waals surface area contributed by atoms with E-state index in [-0.39, 0.29) is 5.56 Å². The van der Waals surface area contributed by atoms with Gasteiger partial charge in [-0.1, -0.05) is 31.9 Å². The van der Waals surface area contributed by atoms with Gasteiger partial charge in [-0.2, -0.15) is 0 Å². The van der Waals surface area contributed by atoms with E-state index in [2.05, 4.69) is 32.2 Å². The molecule has 0 amide bonds. The lowest BCUT2D eigenvalue weighted by Crippen LogP contribution is -2.19. The maximum absolute atomic E-state index is 12.5. The summed E-state index contributed by atoms with van der Waals surface area (Å²) < 4.78 is 5.69. The number of nitrogens with one attached hydrogen (secondary N) is 2. The van der Waals surface area contributed by atoms with Crippen LogP contribution in [0.1, 0.15) is 50.1 Å². The number of hydrogen-bond acceptors (Lipinski definition) is 6. The Labute approximate surface area is 164 Å². The van der Waals surface area contributed by atoms with Gasteiger partial charge in [0.05, 0.1) is 12.3 Å². The number of unbranched alkanes of at least 4 members (excludes halogenated alkanes) is 2. The van der Waals surface area contributed by atoms with Crippen LogP contribution in [0.2, 0.25) is 0 Å². The van der Waals surface area contributed by atoms with Gasteiger partial charge in [0.1, 0.15) is 11.3 Å². The van der Waals surface area contributed by atoms with Crippen LogP contribution in [0.4, 0.5) is 11.9 Å². The summed E-state index contributed by atoms with van der Waals surface area (Å²) in [6.45, 7) is 8.42. The van der Waals surface area contributed by atoms with Crippen molar-refractivity contribution in [3.63, 3.8) is 0 Å². The first-order valence-electron chi connectivity index (χ1n) is 9.80. The van der Waals surface area contributed by atoms with E-state index in [1.165, 1.54) is 0 Å². The predicted molar refractivity (Wildman–Crippen MR) is 112 cm³/mol. The summed E-state index contributed by atoms with van der Waals surface area (Å²) in [6.07, 6.45) is 3.95. The molecule has 2 N–H and O–H groups in total. The molecule has 0 spiro atoms. The third-order valence-electron chi connectivity index (χ3n) is 4.66. The predicted octanol–water partition coefficient (Wildman–Crippen LogP) is 4.20. The van der Waals surface area contributed by atoms with Crippen molar-refractivity contribution in [2.24, 2.45) is 0 Å². The number of nitrogens with zero attached hydrogens (tertiary/aromatic N) is 3. The molecule has 0 radical (unpaired) electrons. The molecule has 0 aliphatic rings. The van der Waals surface area contributed by atoms with Crippen molar-refractivity contribution in [1.82, 2.24) is 19.9 Å². The van der Waals surface area contributed by atoms with Gasteiger partial charge in [-0.25, -0.2) is 15.0 Å². The largest absolute Gasteiger partial charge is 0.492 e. The van der Waals surface area contributed by atoms with E-state index < -0.39 is 0 Å². The molecule has 0 aliphatic heterocycles. The van der Waals surface area contributed by atoms with Crippen molar-refractivity contribution in [1.29, 1.82) is 0 Å². The van der Waals surface area contributed by atoms with E-state index in [1.54, 1.807) is 0 Å². The molecule has 1 aromatic carbocycles. The van der Waals surface area contributed by atoms with Gasteiger partial charge in [0.15, 0.2) is 0 Å². The molecule has 0 fully saturated rings. The number of aromatic amines is 1. The van der Waals surface area contributed by atoms with Crippen molar-refractivity contribution in [2.75, 3.05) is 11.9 Å². The normalized spacial score (nSPS) is 11.0. The maximum Gasteiger partial charge on any atom is 0.255 e. The zero-order valence-corrected chi connectivity index (χ0v) is 16.9. The first-order chi connectivity index (χ1) is 13.5. The molecule has 0 bridgehead atoms. The van der Waals surface area contributed by atoms with Crippen molar-refractivity contribution in [2.45, 2.75) is 53.4 Å². The fourth-order valence-electron chi connectivity index (χ4n) is 3.23. The average Bonchev–Trinajstić information content (AvgIpc) is 2.65. The second-order valence-electron chi connectivity index (χ2n) is 6.78. The SMILES string of the molecule is CCCCCc1c(C)nc(Nc2nc(C)c3cccc(OCC)c3n2)[nH]c1=O. The second-order valence-corrected chi connectivity index (χ2v) is 6.78. The molecule has 3 aromatic rings. The van der Waals surface area contributed by atoms with Crippen LogP contribution in [0.25, 0.3) is 10.9 Å². The number of H-pyrrole nitrogens is 1. The van der Waals surface area contributed by atoms with E-state index in [0.717, 1.165) is 53.5 Å². The molecule has 2 heterocycles. The lowest BCUT2D eigenvalue weighted by atomic mass is 10.1. The van der Waals surface area contributed by atoms with Crippen molar-refractivity contribution in [3.8, 4) is 5.75 Å². The van der Waals surface area contributed by atoms with Crippen LogP contribution >= 0.6 is 0 Å². The lowest BCUT2D eigenvalue weighted by molar-refractivity contribution is 0.343. The summed E-state index contributed by atoms with van der Waals surface area (Å²) in [7, 11) is 0. The van der Waals surface area contributed by atoms with Gasteiger partial charge in [0, 0.05) is 16.6 Å². The fourth-order valence-corrected chi connectivity index (χ4v) is 3.23. The van der Waals surface area contributed by atoms with Crippen LogP contribution in [-0.2, 0) is 6.42 Å². The first kappa shape index (κ1) is 19.8. The Morgan fingerprint density at radius 3 is 2.61 bits per heavy atom. The van der Waals surface area contributed by atoms with Gasteiger partial charge in [0.25, 0.3) is 5.56 Å². The zero-order valence-electron chi connectivity index (χ0n) is 16.9. The molecular weight excluding hydrogens is 354 g/mol. The number of ether oxygens (including phenoxy) is 1. The van der Waals surface area contributed by atoms with Crippen molar-refractivity contribution >= 4 is 22.8 Å². The molecular formula is C21H27N5O2. The molecule has 0 aliphatic carbocycles. The molecule has 0 saturated heterocycles. The topological polar surface area (TPSA) is 92.8 Å². The number of benzene rings is 1. The van der Waals surface area contributed by atoms with Gasteiger partial charge in [-0.15, -0.1) is 0 Å². The highest BCUT2D eigenvalue weighted by Gasteiger charge is 2.12. The summed E-state index contributed by atoms with van der Waals surface area (Å²) in [5.74, 6) is 1.42. The smallest absolute Gasteiger partial charge is 0.255 e. The molecule has 7 nitrogen and oxygen atoms in total. The van der Waals surface area contributed by atoms with E-state index >= 15 is 0 Å². The Bertz CT molecular complexity index is 1030. The highest BCUT2D eigenvalue weighted by Crippen LogP contribution is 2.27. The van der Waals surface area contributed by atoms with Crippen molar-refractivity contribution < 1.29 is 4.74 Å². The van der Waals surface area contributed by atoms with Gasteiger partial charge in [-0.3, -0.25) is 15.1 Å². The summed E-state index contributed by atoms with van der Waals surface area (Å²) >= 11 is 0. The Kier molecular flexibility index (Phi) is 6.23. The third kappa shape index (κ3) is 4.30. The van der Waals surface area contributed by atoms with E-state index in [9.17, 15) is 4.79 Å². The summed E-state index contributed by atoms with van der Waals surface area (Å²) in [4.78, 5) is 28.9. The monoisotopic (exact) mass is 381 g/mol. The number of aryl methyl sites for hydroxylation is 2. The highest BCUT2D eigenvalue weighted by atomic mass is 16.5. The zero-order chi connectivity index (χ0) is 20.1. The fraction of sp³-hybridized carbons (Fsp3) is 0.429. The standard InChI is InChI=1S/C21H27N5O2/c1-5-7-8-10-16-14(4)23-21(25-19(16)27)26-20-22-13(3)15-11-9-12-17(28-6-2)18(15)24-20/h9,11-12H,5-8,10H2,1-4H3,(H2,22,23,24,25,26,27). The average molecular weight is 381 g/mol. The van der Waals surface area contributed by atoms with Gasteiger partial charge >= 0.3 is 0 Å². The number of hydrogen-bond donors (Lipinski definition) is 2. The molecule has 28 heavy (non-hydrogen) atoms. The number of rotatable bonds is 8. The Morgan fingerprint density at radius 1 is 1.07 bits per heavy atom. The van der Waals surface area contributed by atoms with Gasteiger partial charge < -0.3 is 4.74 Å². The quantitative estimate of drug-likeness (QED) is 0.568. The molecule has 7 heteroatoms. The van der Waals surface area contributed by atoms with Gasteiger partial charge in [0.2, 0.25) is 11.9 Å². The Hall–Kier alpha value is -2.96. The first-order valence-corrected chi connectivity index (χ1v) is 9.80. The van der Waals surface area contributed by atoms with Crippen LogP contribution in [0.3, 0.4) is 0 Å². The second kappa shape index (κ2) is 8.82. The van der Waals surface area contributed by atoms with Crippen LogP contribution in [0.15, 0.2) is 23.0 Å². The minimum Gasteiger partial charge on any atom is -0.492 e. The summed E-state index contributed by atoms with van der Waals surface area (Å²) in [5, 5.41) is 3.97. The number of para-hydroxylation sites is 1. The van der Waals surface area contributed by atoms with Crippen LogP contribution < -0.4 is 15.6 Å². The van der Waals surface area contributed by atoms with E-state index in [0.29, 0.717) is 24.3 Å². The Balaban J connectivity index is 1.92. The van der Waals surface area contributed by atoms with E-state index in [1.807, 2.05) is 39.0 Å². The van der Waals surface area contributed by atoms with Crippen LogP contribution in [0.5, 0.6) is 5.75 Å². The molecule has 0 unspecified atom stereocenters. The highest BCUT2D eigenvalue weighted by molar-refractivity contribution is 5.87. The molecule has 0 saturated carbocycles. The van der Waals surface area contributed by atoms with Crippen LogP contribution in [-0.4, -0.2) is 26.5 Å². The van der Waals surface area contributed by atoms with Crippen LogP contribution in [0, 0.1) is 13.8 Å². The number of anilines is 2. The van der Waals surface area contributed by atoms with E-state index in [4.69, 9.17) is 4.74 Å². The van der Waals surface area contributed by atoms with Gasteiger partial charge in [-0.05, 0) is 39.7 Å². The number of fused-ring (bicyclic) bond motifs is 1. The minimum atomic E-state index is -0.112. The molecule has 3 rings (SSSR count). The lowest BCUT2D eigenvalue weighted by Gasteiger charge is -2.11. The van der Waals surface area contributed by atoms with Crippen molar-refractivity contribution in [3.05, 3.63) is 45.5 Å². The molecule has 148 valence electrons. The summed E-state index contributed by atoms with van der Waals surface area (Å²) in [6, 6.07) is 5.78. The number of aromatic nitrogens is 4. The summed E-state index contributed by atoms with van der Waals surface area (Å²) in [5.41, 5.74) is 2.92. The molecule has 2 aromatic heterocycles. The Morgan fingerprint density at radius 2 is 1.89 bits per heavy atom. The minimum absolute atomic E-state index is 0.112. The molecule has 0 atom stereocenters.